The first-order valence-corrected chi connectivity index (χ1v) is 10.3. The summed E-state index contributed by atoms with van der Waals surface area (Å²) in [4.78, 5) is 24.1. The number of ketones is 1. The molecular weight excluding hydrogens is 326 g/mol. The Labute approximate surface area is 150 Å². The molecule has 1 rings (SSSR count). The van der Waals surface area contributed by atoms with Crippen LogP contribution in [0.4, 0.5) is 0 Å². The summed E-state index contributed by atoms with van der Waals surface area (Å²) in [6, 6.07) is 0. The first-order valence-electron chi connectivity index (χ1n) is 9.29. The third-order valence-corrected chi connectivity index (χ3v) is 5.83. The van der Waals surface area contributed by atoms with Crippen LogP contribution in [-0.4, -0.2) is 51.7 Å². The van der Waals surface area contributed by atoms with E-state index in [1.165, 1.54) is 43.9 Å². The summed E-state index contributed by atoms with van der Waals surface area (Å²) in [6.45, 7) is 2.25. The lowest BCUT2D eigenvalue weighted by Gasteiger charge is -2.27. The van der Waals surface area contributed by atoms with Crippen LogP contribution in [0.1, 0.15) is 71.1 Å². The number of aliphatic hydroxyl groups is 2. The summed E-state index contributed by atoms with van der Waals surface area (Å²) >= 11 is 1.44. The lowest BCUT2D eigenvalue weighted by Crippen LogP contribution is -2.47. The molecule has 2 atom stereocenters. The SMILES string of the molecule is CCCCCCCCCCC(O)(CO)C(=O)CC1SCCNC1=O. The average Bonchev–Trinajstić information content (AvgIpc) is 2.59. The van der Waals surface area contributed by atoms with E-state index in [-0.39, 0.29) is 18.7 Å². The second-order valence-corrected chi connectivity index (χ2v) is 8.00. The zero-order valence-corrected chi connectivity index (χ0v) is 15.7. The van der Waals surface area contributed by atoms with E-state index in [1.54, 1.807) is 0 Å². The average molecular weight is 360 g/mol. The number of rotatable bonds is 13. The fraction of sp³-hybridized carbons (Fsp3) is 0.889. The van der Waals surface area contributed by atoms with Gasteiger partial charge in [-0.3, -0.25) is 9.59 Å². The minimum atomic E-state index is -1.69. The Bertz CT molecular complexity index is 391. The topological polar surface area (TPSA) is 86.6 Å². The maximum atomic E-state index is 12.3. The van der Waals surface area contributed by atoms with Crippen molar-refractivity contribution in [3.8, 4) is 0 Å². The van der Waals surface area contributed by atoms with Crippen LogP contribution in [0.25, 0.3) is 0 Å². The summed E-state index contributed by atoms with van der Waals surface area (Å²) in [6.07, 6.45) is 9.27. The smallest absolute Gasteiger partial charge is 0.233 e. The molecule has 0 aromatic rings. The zero-order valence-electron chi connectivity index (χ0n) is 14.9. The van der Waals surface area contributed by atoms with E-state index in [2.05, 4.69) is 12.2 Å². The van der Waals surface area contributed by atoms with Crippen LogP contribution in [0.2, 0.25) is 0 Å². The van der Waals surface area contributed by atoms with Gasteiger partial charge in [0, 0.05) is 18.7 Å². The van der Waals surface area contributed by atoms with Crippen molar-refractivity contribution in [2.45, 2.75) is 82.0 Å². The van der Waals surface area contributed by atoms with Crippen LogP contribution in [0.5, 0.6) is 0 Å². The van der Waals surface area contributed by atoms with Crippen molar-refractivity contribution >= 4 is 23.5 Å². The Balaban J connectivity index is 2.28. The molecule has 1 saturated heterocycles. The van der Waals surface area contributed by atoms with Crippen molar-refractivity contribution in [2.75, 3.05) is 18.9 Å². The number of hydrogen-bond acceptors (Lipinski definition) is 5. The van der Waals surface area contributed by atoms with Gasteiger partial charge in [-0.2, -0.15) is 0 Å². The zero-order chi connectivity index (χ0) is 17.8. The first-order chi connectivity index (χ1) is 11.5. The summed E-state index contributed by atoms with van der Waals surface area (Å²) in [5.74, 6) is 0.216. The van der Waals surface area contributed by atoms with Gasteiger partial charge in [0.25, 0.3) is 0 Å². The van der Waals surface area contributed by atoms with Crippen molar-refractivity contribution in [1.29, 1.82) is 0 Å². The molecule has 0 saturated carbocycles. The van der Waals surface area contributed by atoms with E-state index in [9.17, 15) is 19.8 Å². The van der Waals surface area contributed by atoms with Crippen LogP contribution in [0.15, 0.2) is 0 Å². The third kappa shape index (κ3) is 7.53. The fourth-order valence-corrected chi connectivity index (χ4v) is 3.94. The fourth-order valence-electron chi connectivity index (χ4n) is 2.93. The van der Waals surface area contributed by atoms with Gasteiger partial charge in [-0.1, -0.05) is 58.3 Å². The molecule has 2 unspecified atom stereocenters. The molecule has 5 nitrogen and oxygen atoms in total. The van der Waals surface area contributed by atoms with Gasteiger partial charge >= 0.3 is 0 Å². The minimum Gasteiger partial charge on any atom is -0.393 e. The van der Waals surface area contributed by atoms with Gasteiger partial charge < -0.3 is 15.5 Å². The monoisotopic (exact) mass is 359 g/mol. The molecule has 6 heteroatoms. The third-order valence-electron chi connectivity index (χ3n) is 4.61. The van der Waals surface area contributed by atoms with Crippen LogP contribution >= 0.6 is 11.8 Å². The van der Waals surface area contributed by atoms with Crippen molar-refractivity contribution in [3.05, 3.63) is 0 Å². The van der Waals surface area contributed by atoms with E-state index >= 15 is 0 Å². The molecule has 0 spiro atoms. The van der Waals surface area contributed by atoms with E-state index < -0.39 is 23.2 Å². The Kier molecular flexibility index (Phi) is 10.6. The maximum Gasteiger partial charge on any atom is 0.233 e. The molecule has 1 aliphatic rings. The molecule has 0 aliphatic carbocycles. The molecule has 0 bridgehead atoms. The van der Waals surface area contributed by atoms with Crippen molar-refractivity contribution in [1.82, 2.24) is 5.32 Å². The minimum absolute atomic E-state index is 0.00935. The second kappa shape index (κ2) is 11.9. The molecule has 0 radical (unpaired) electrons. The van der Waals surface area contributed by atoms with Gasteiger partial charge in [-0.05, 0) is 6.42 Å². The molecule has 1 fully saturated rings. The number of amides is 1. The number of nitrogens with one attached hydrogen (secondary N) is 1. The lowest BCUT2D eigenvalue weighted by molar-refractivity contribution is -0.143. The molecule has 140 valence electrons. The lowest BCUT2D eigenvalue weighted by atomic mass is 9.89. The molecule has 1 aliphatic heterocycles. The highest BCUT2D eigenvalue weighted by Gasteiger charge is 2.37. The van der Waals surface area contributed by atoms with Gasteiger partial charge in [0.1, 0.15) is 5.60 Å². The summed E-state index contributed by atoms with van der Waals surface area (Å²) in [5.41, 5.74) is -1.69. The molecule has 0 aromatic heterocycles. The van der Waals surface area contributed by atoms with E-state index in [0.29, 0.717) is 6.54 Å². The van der Waals surface area contributed by atoms with E-state index in [0.717, 1.165) is 25.0 Å². The van der Waals surface area contributed by atoms with Gasteiger partial charge in [0.15, 0.2) is 5.78 Å². The Morgan fingerprint density at radius 1 is 1.21 bits per heavy atom. The number of Topliss-reactive ketones (excluding diaryl/α,β-unsaturated/α-hetero) is 1. The quantitative estimate of drug-likeness (QED) is 0.440. The normalized spacial score (nSPS) is 20.5. The van der Waals surface area contributed by atoms with Crippen molar-refractivity contribution < 1.29 is 19.8 Å². The second-order valence-electron chi connectivity index (χ2n) is 6.69. The van der Waals surface area contributed by atoms with Gasteiger partial charge in [-0.25, -0.2) is 0 Å². The van der Waals surface area contributed by atoms with Crippen LogP contribution in [-0.2, 0) is 9.59 Å². The van der Waals surface area contributed by atoms with E-state index in [1.807, 2.05) is 0 Å². The highest BCUT2D eigenvalue weighted by atomic mass is 32.2. The summed E-state index contributed by atoms with van der Waals surface area (Å²) in [7, 11) is 0. The molecule has 3 N–H and O–H groups in total. The van der Waals surface area contributed by atoms with E-state index in [4.69, 9.17) is 0 Å². The molecular formula is C18H33NO4S. The van der Waals surface area contributed by atoms with Crippen molar-refractivity contribution in [2.24, 2.45) is 0 Å². The van der Waals surface area contributed by atoms with Gasteiger partial charge in [-0.15, -0.1) is 11.8 Å². The molecule has 1 amide bonds. The van der Waals surface area contributed by atoms with Crippen LogP contribution < -0.4 is 5.32 Å². The predicted octanol–water partition coefficient (Wildman–Crippen LogP) is 2.43. The summed E-state index contributed by atoms with van der Waals surface area (Å²) in [5, 5.41) is 22.2. The van der Waals surface area contributed by atoms with Gasteiger partial charge in [0.05, 0.1) is 11.9 Å². The predicted molar refractivity (Wildman–Crippen MR) is 98.1 cm³/mol. The largest absolute Gasteiger partial charge is 0.393 e. The Morgan fingerprint density at radius 2 is 1.83 bits per heavy atom. The molecule has 1 heterocycles. The standard InChI is InChI=1S/C18H33NO4S/c1-2-3-4-5-6-7-8-9-10-18(23,14-20)16(21)13-15-17(22)19-11-12-24-15/h15,20,23H,2-14H2,1H3,(H,19,22). The van der Waals surface area contributed by atoms with Gasteiger partial charge in [0.2, 0.25) is 5.91 Å². The van der Waals surface area contributed by atoms with Crippen LogP contribution in [0.3, 0.4) is 0 Å². The number of hydrogen-bond donors (Lipinski definition) is 3. The first kappa shape index (κ1) is 21.5. The molecule has 24 heavy (non-hydrogen) atoms. The number of unbranched alkanes of at least 4 members (excludes halogenated alkanes) is 7. The highest BCUT2D eigenvalue weighted by Crippen LogP contribution is 2.24. The number of carbonyl (C=O) groups is 2. The van der Waals surface area contributed by atoms with Crippen molar-refractivity contribution in [3.63, 3.8) is 0 Å². The summed E-state index contributed by atoms with van der Waals surface area (Å²) < 4.78 is 0. The number of carbonyl (C=O) groups excluding carboxylic acids is 2. The maximum absolute atomic E-state index is 12.3. The number of aliphatic hydroxyl groups excluding tert-OH is 1. The highest BCUT2D eigenvalue weighted by molar-refractivity contribution is 8.00. The Hall–Kier alpha value is -0.590. The Morgan fingerprint density at radius 3 is 2.42 bits per heavy atom. The molecule has 0 aromatic carbocycles. The number of thioether (sulfide) groups is 1. The van der Waals surface area contributed by atoms with Crippen LogP contribution in [0, 0.1) is 0 Å².